The quantitative estimate of drug-likeness (QED) is 0.0568. The van der Waals surface area contributed by atoms with Crippen molar-refractivity contribution in [3.63, 3.8) is 0 Å². The molecule has 6 fully saturated rings. The van der Waals surface area contributed by atoms with Gasteiger partial charge in [-0.15, -0.1) is 0 Å². The van der Waals surface area contributed by atoms with Crippen LogP contribution in [0.2, 0.25) is 0 Å². The highest BCUT2D eigenvalue weighted by Crippen LogP contribution is 2.70. The first-order valence-corrected chi connectivity index (χ1v) is 33.9. The molecule has 72 heavy (non-hydrogen) atoms. The standard InChI is InChI=1S/C72H126/c1-51(2)27-23-21-19-17-15-13-14-16-18-20-22-24-32-60(56-41-45-69(9)58(49-56)33-35-61-65-39-37-63(54(7)30-25-28-52(3)4)71(65,11)47-43-67(61)69)57-42-46-70(10)59(50-57)34-36-62-66-40-38-64(55(8)31-26-29-53(5)6)72(66,12)48-44-68(62)70/h33-34,51-57,60-68H,13-32,35-50H2,1-12H3/t54-,55-,56?,57?,60?,61?,62?,63-,64-,65?,66?,67?,68?,69+,70+,71-,72-/m1/s1. The lowest BCUT2D eigenvalue weighted by molar-refractivity contribution is -0.0607. The highest BCUT2D eigenvalue weighted by molar-refractivity contribution is 5.28. The van der Waals surface area contributed by atoms with Gasteiger partial charge in [0, 0.05) is 0 Å². The molecule has 0 aromatic heterocycles. The smallest absolute Gasteiger partial charge is 0.00851 e. The predicted octanol–water partition coefficient (Wildman–Crippen LogP) is 23.0. The SMILES string of the molecule is CC(C)CCCCCCCCCCCCCCC(C1CC[C@@]2(C)C(=CCC3C2CC[C@@]2(C)C3CC[C@@H]2[C@H](C)CCCC(C)C)C1)C1CC[C@@]2(C)C(=CCC3C2CC[C@@]2(C)C3CC[C@@H]2[C@H](C)CCCC(C)C)C1. The van der Waals surface area contributed by atoms with Crippen molar-refractivity contribution >= 4 is 0 Å². The maximum absolute atomic E-state index is 2.96. The van der Waals surface area contributed by atoms with Gasteiger partial charge in [0.05, 0.1) is 0 Å². The second-order valence-electron chi connectivity index (χ2n) is 31.5. The third-order valence-corrected chi connectivity index (χ3v) is 26.0. The molecular formula is C72H126. The second kappa shape index (κ2) is 25.5. The molecule has 8 rings (SSSR count). The lowest BCUT2D eigenvalue weighted by Crippen LogP contribution is -2.51. The van der Waals surface area contributed by atoms with Crippen LogP contribution in [0.25, 0.3) is 0 Å². The van der Waals surface area contributed by atoms with Crippen LogP contribution >= 0.6 is 0 Å². The van der Waals surface area contributed by atoms with Crippen molar-refractivity contribution in [2.75, 3.05) is 0 Å². The van der Waals surface area contributed by atoms with Crippen LogP contribution in [0, 0.1) is 116 Å². The average Bonchev–Trinajstić information content (AvgIpc) is 3.89. The molecule has 8 unspecified atom stereocenters. The van der Waals surface area contributed by atoms with Gasteiger partial charge in [0.1, 0.15) is 0 Å². The van der Waals surface area contributed by atoms with Gasteiger partial charge >= 0.3 is 0 Å². The van der Waals surface area contributed by atoms with Gasteiger partial charge in [0.15, 0.2) is 0 Å². The molecular weight excluding hydrogens is 865 g/mol. The lowest BCUT2D eigenvalue weighted by Gasteiger charge is -2.60. The Hall–Kier alpha value is -0.520. The van der Waals surface area contributed by atoms with Crippen molar-refractivity contribution in [2.24, 2.45) is 116 Å². The lowest BCUT2D eigenvalue weighted by atomic mass is 9.45. The molecule has 0 spiro atoms. The van der Waals surface area contributed by atoms with E-state index in [0.717, 1.165) is 94.7 Å². The second-order valence-corrected chi connectivity index (χ2v) is 31.5. The largest absolute Gasteiger partial charge is 0.0845 e. The van der Waals surface area contributed by atoms with Crippen LogP contribution in [-0.2, 0) is 0 Å². The minimum Gasteiger partial charge on any atom is -0.0845 e. The summed E-state index contributed by atoms with van der Waals surface area (Å²) in [4.78, 5) is 0. The Bertz CT molecular complexity index is 1600. The summed E-state index contributed by atoms with van der Waals surface area (Å²) in [6, 6.07) is 0. The van der Waals surface area contributed by atoms with Gasteiger partial charge in [-0.25, -0.2) is 0 Å². The number of hydrogen-bond acceptors (Lipinski definition) is 0. The summed E-state index contributed by atoms with van der Waals surface area (Å²) in [5.74, 6) is 15.0. The fourth-order valence-electron chi connectivity index (χ4n) is 21.7. The van der Waals surface area contributed by atoms with Crippen LogP contribution < -0.4 is 0 Å². The molecule has 6 saturated carbocycles. The molecule has 0 aliphatic heterocycles. The highest BCUT2D eigenvalue weighted by Gasteiger charge is 2.61. The van der Waals surface area contributed by atoms with E-state index in [1.807, 2.05) is 11.1 Å². The molecule has 0 saturated heterocycles. The molecule has 0 aromatic rings. The maximum atomic E-state index is 2.96. The Morgan fingerprint density at radius 3 is 1.12 bits per heavy atom. The van der Waals surface area contributed by atoms with Gasteiger partial charge in [0.25, 0.3) is 0 Å². The zero-order valence-electron chi connectivity index (χ0n) is 50.8. The van der Waals surface area contributed by atoms with Crippen molar-refractivity contribution in [3.05, 3.63) is 23.3 Å². The van der Waals surface area contributed by atoms with E-state index in [9.17, 15) is 0 Å². The van der Waals surface area contributed by atoms with Crippen molar-refractivity contribution < 1.29 is 0 Å². The number of unbranched alkanes of at least 4 members (excludes halogenated alkanes) is 11. The van der Waals surface area contributed by atoms with Crippen LogP contribution in [0.3, 0.4) is 0 Å². The van der Waals surface area contributed by atoms with E-state index in [2.05, 4.69) is 95.2 Å². The molecule has 414 valence electrons. The van der Waals surface area contributed by atoms with Gasteiger partial charge in [0.2, 0.25) is 0 Å². The molecule has 16 atom stereocenters. The zero-order valence-corrected chi connectivity index (χ0v) is 50.8. The minimum atomic E-state index is 0.479. The Morgan fingerprint density at radius 1 is 0.375 bits per heavy atom. The zero-order chi connectivity index (χ0) is 51.3. The van der Waals surface area contributed by atoms with Gasteiger partial charge in [-0.05, 0) is 226 Å². The fourth-order valence-corrected chi connectivity index (χ4v) is 21.7. The minimum absolute atomic E-state index is 0.479. The van der Waals surface area contributed by atoms with Gasteiger partial charge in [-0.1, -0.05) is 228 Å². The molecule has 0 heteroatoms. The van der Waals surface area contributed by atoms with E-state index in [-0.39, 0.29) is 0 Å². The van der Waals surface area contributed by atoms with E-state index >= 15 is 0 Å². The van der Waals surface area contributed by atoms with E-state index in [1.165, 1.54) is 231 Å². The molecule has 8 aliphatic rings. The molecule has 8 aliphatic carbocycles. The number of fused-ring (bicyclic) bond motifs is 10. The number of rotatable bonds is 27. The Morgan fingerprint density at radius 2 is 0.736 bits per heavy atom. The Kier molecular flexibility index (Phi) is 20.4. The topological polar surface area (TPSA) is 0 Å². The first-order chi connectivity index (χ1) is 34.5. The summed E-state index contributed by atoms with van der Waals surface area (Å²) in [5.41, 5.74) is 6.12. The Labute approximate surface area is 451 Å². The first kappa shape index (κ1) is 57.6. The van der Waals surface area contributed by atoms with Gasteiger partial charge < -0.3 is 0 Å². The predicted molar refractivity (Wildman–Crippen MR) is 316 cm³/mol. The third-order valence-electron chi connectivity index (χ3n) is 26.0. The van der Waals surface area contributed by atoms with Crippen molar-refractivity contribution in [3.8, 4) is 0 Å². The van der Waals surface area contributed by atoms with E-state index < -0.39 is 0 Å². The van der Waals surface area contributed by atoms with Gasteiger partial charge in [-0.3, -0.25) is 0 Å². The summed E-state index contributed by atoms with van der Waals surface area (Å²) in [6.07, 6.45) is 59.5. The summed E-state index contributed by atoms with van der Waals surface area (Å²) < 4.78 is 0. The number of hydrogen-bond donors (Lipinski definition) is 0. The monoisotopic (exact) mass is 991 g/mol. The molecule has 0 nitrogen and oxygen atoms in total. The summed E-state index contributed by atoms with van der Waals surface area (Å²) >= 11 is 0. The first-order valence-electron chi connectivity index (χ1n) is 33.9. The molecule has 0 bridgehead atoms. The molecule has 0 aromatic carbocycles. The van der Waals surface area contributed by atoms with Crippen LogP contribution in [0.15, 0.2) is 23.3 Å². The molecule has 0 heterocycles. The summed E-state index contributed by atoms with van der Waals surface area (Å²) in [6.45, 7) is 31.1. The van der Waals surface area contributed by atoms with Crippen LogP contribution in [0.5, 0.6) is 0 Å². The average molecular weight is 992 g/mol. The number of allylic oxidation sites excluding steroid dienone is 4. The third kappa shape index (κ3) is 12.7. The summed E-state index contributed by atoms with van der Waals surface area (Å²) in [5, 5.41) is 0. The van der Waals surface area contributed by atoms with Crippen molar-refractivity contribution in [1.82, 2.24) is 0 Å². The van der Waals surface area contributed by atoms with Crippen molar-refractivity contribution in [2.45, 2.75) is 314 Å². The Balaban J connectivity index is 0.903. The van der Waals surface area contributed by atoms with Crippen LogP contribution in [0.4, 0.5) is 0 Å². The van der Waals surface area contributed by atoms with Gasteiger partial charge in [-0.2, -0.15) is 0 Å². The van der Waals surface area contributed by atoms with E-state index in [4.69, 9.17) is 0 Å². The molecule has 0 radical (unpaired) electrons. The summed E-state index contributed by atoms with van der Waals surface area (Å²) in [7, 11) is 0. The maximum Gasteiger partial charge on any atom is -0.00851 e. The fraction of sp³-hybridized carbons (Fsp3) is 0.944. The van der Waals surface area contributed by atoms with Crippen LogP contribution in [0.1, 0.15) is 314 Å². The molecule has 0 amide bonds. The molecule has 0 N–H and O–H groups in total. The highest BCUT2D eigenvalue weighted by atomic mass is 14.7. The normalized spacial score (nSPS) is 39.7. The van der Waals surface area contributed by atoms with Crippen molar-refractivity contribution in [1.29, 1.82) is 0 Å². The van der Waals surface area contributed by atoms with Crippen LogP contribution in [-0.4, -0.2) is 0 Å². The van der Waals surface area contributed by atoms with E-state index in [1.54, 1.807) is 0 Å². The van der Waals surface area contributed by atoms with E-state index in [0.29, 0.717) is 21.7 Å².